The first-order valence-electron chi connectivity index (χ1n) is 11.4. The normalized spacial score (nSPS) is 18.2. The number of benzene rings is 2. The van der Waals surface area contributed by atoms with Crippen molar-refractivity contribution in [2.24, 2.45) is 5.92 Å². The molecule has 3 heterocycles. The molecule has 0 radical (unpaired) electrons. The summed E-state index contributed by atoms with van der Waals surface area (Å²) in [6.07, 6.45) is 4.58. The number of pyridine rings is 1. The van der Waals surface area contributed by atoms with Crippen molar-refractivity contribution in [1.82, 2.24) is 9.88 Å². The van der Waals surface area contributed by atoms with E-state index in [4.69, 9.17) is 21.1 Å². The topological polar surface area (TPSA) is 69.6 Å². The van der Waals surface area contributed by atoms with Crippen molar-refractivity contribution in [3.05, 3.63) is 74.5 Å². The van der Waals surface area contributed by atoms with Gasteiger partial charge in [0.15, 0.2) is 0 Å². The number of nitrogens with one attached hydrogen (secondary N) is 1. The number of rotatable bonds is 5. The molecule has 3 aromatic rings. The lowest BCUT2D eigenvalue weighted by molar-refractivity contribution is 0.0665. The summed E-state index contributed by atoms with van der Waals surface area (Å²) in [5, 5.41) is 4.06. The molecule has 1 aromatic heterocycles. The summed E-state index contributed by atoms with van der Waals surface area (Å²) >= 11 is 5.94. The van der Waals surface area contributed by atoms with E-state index in [0.717, 1.165) is 54.9 Å². The zero-order valence-corrected chi connectivity index (χ0v) is 19.4. The fourth-order valence-electron chi connectivity index (χ4n) is 4.70. The predicted molar refractivity (Wildman–Crippen MR) is 128 cm³/mol. The first kappa shape index (κ1) is 22.0. The largest absolute Gasteiger partial charge is 0.489 e. The van der Waals surface area contributed by atoms with Crippen LogP contribution < -0.4 is 15.5 Å². The van der Waals surface area contributed by atoms with Crippen LogP contribution >= 0.6 is 11.6 Å². The lowest BCUT2D eigenvalue weighted by atomic mass is 9.91. The van der Waals surface area contributed by atoms with Crippen molar-refractivity contribution < 1.29 is 14.3 Å². The summed E-state index contributed by atoms with van der Waals surface area (Å²) in [6.45, 7) is 4.41. The van der Waals surface area contributed by atoms with Crippen LogP contribution in [0.5, 0.6) is 5.75 Å². The average molecular weight is 467 g/mol. The maximum absolute atomic E-state index is 13.5. The molecule has 0 aliphatic carbocycles. The SMILES string of the molecule is CC1COc2cc(CC3CCOCC3)cc3c(=O)c(C(=O)NCc4ccc(Cl)cc4)cn1c23. The van der Waals surface area contributed by atoms with E-state index < -0.39 is 0 Å². The lowest BCUT2D eigenvalue weighted by Gasteiger charge is -2.28. The standard InChI is InChI=1S/C26H27ClN2O4/c1-16-15-33-23-12-19(10-17-6-8-32-9-7-17)11-21-24(23)29(16)14-22(25(21)30)26(31)28-13-18-2-4-20(27)5-3-18/h2-5,11-12,14,16-17H,6-10,13,15H2,1H3,(H,28,31). The van der Waals surface area contributed by atoms with Crippen LogP contribution in [0.1, 0.15) is 47.3 Å². The van der Waals surface area contributed by atoms with Gasteiger partial charge in [0.25, 0.3) is 5.91 Å². The van der Waals surface area contributed by atoms with Crippen LogP contribution in [0.25, 0.3) is 10.9 Å². The molecule has 172 valence electrons. The third-order valence-corrected chi connectivity index (χ3v) is 6.83. The minimum absolute atomic E-state index is 0.0183. The summed E-state index contributed by atoms with van der Waals surface area (Å²) in [5.41, 5.74) is 2.64. The molecule has 1 amide bonds. The van der Waals surface area contributed by atoms with Crippen molar-refractivity contribution in [2.75, 3.05) is 19.8 Å². The number of hydrogen-bond donors (Lipinski definition) is 1. The van der Waals surface area contributed by atoms with Crippen molar-refractivity contribution in [3.8, 4) is 5.75 Å². The van der Waals surface area contributed by atoms with Gasteiger partial charge in [0.1, 0.15) is 17.9 Å². The minimum atomic E-state index is -0.379. The Morgan fingerprint density at radius 2 is 1.91 bits per heavy atom. The molecule has 1 N–H and O–H groups in total. The second-order valence-corrected chi connectivity index (χ2v) is 9.43. The Morgan fingerprint density at radius 3 is 2.67 bits per heavy atom. The van der Waals surface area contributed by atoms with Gasteiger partial charge in [-0.3, -0.25) is 9.59 Å². The number of ether oxygens (including phenoxy) is 2. The Balaban J connectivity index is 1.50. The third-order valence-electron chi connectivity index (χ3n) is 6.58. The highest BCUT2D eigenvalue weighted by atomic mass is 35.5. The van der Waals surface area contributed by atoms with Gasteiger partial charge in [0.2, 0.25) is 5.43 Å². The van der Waals surface area contributed by atoms with Gasteiger partial charge < -0.3 is 19.4 Å². The summed E-state index contributed by atoms with van der Waals surface area (Å²) in [4.78, 5) is 26.5. The van der Waals surface area contributed by atoms with E-state index in [9.17, 15) is 9.59 Å². The van der Waals surface area contributed by atoms with E-state index in [-0.39, 0.29) is 22.9 Å². The van der Waals surface area contributed by atoms with Gasteiger partial charge in [-0.25, -0.2) is 0 Å². The van der Waals surface area contributed by atoms with Crippen molar-refractivity contribution in [1.29, 1.82) is 0 Å². The third kappa shape index (κ3) is 4.50. The Hall–Kier alpha value is -2.83. The van der Waals surface area contributed by atoms with Gasteiger partial charge in [0, 0.05) is 31.0 Å². The number of hydrogen-bond acceptors (Lipinski definition) is 4. The van der Waals surface area contributed by atoms with E-state index in [1.54, 1.807) is 18.3 Å². The van der Waals surface area contributed by atoms with E-state index >= 15 is 0 Å². The van der Waals surface area contributed by atoms with Crippen LogP contribution in [0, 0.1) is 5.92 Å². The zero-order valence-electron chi connectivity index (χ0n) is 18.6. The van der Waals surface area contributed by atoms with Crippen LogP contribution in [0.3, 0.4) is 0 Å². The zero-order chi connectivity index (χ0) is 22.9. The smallest absolute Gasteiger partial charge is 0.257 e. The summed E-state index contributed by atoms with van der Waals surface area (Å²) in [5.74, 6) is 0.868. The molecule has 2 aliphatic heterocycles. The lowest BCUT2D eigenvalue weighted by Crippen LogP contribution is -2.31. The predicted octanol–water partition coefficient (Wildman–Crippen LogP) is 4.51. The van der Waals surface area contributed by atoms with Gasteiger partial charge in [-0.15, -0.1) is 0 Å². The number of aromatic nitrogens is 1. The quantitative estimate of drug-likeness (QED) is 0.600. The molecule has 0 saturated carbocycles. The maximum atomic E-state index is 13.5. The number of halogens is 1. The van der Waals surface area contributed by atoms with Crippen LogP contribution in [0.15, 0.2) is 47.4 Å². The van der Waals surface area contributed by atoms with E-state index in [0.29, 0.717) is 29.5 Å². The molecular formula is C26H27ClN2O4. The highest BCUT2D eigenvalue weighted by Crippen LogP contribution is 2.34. The van der Waals surface area contributed by atoms with Gasteiger partial charge in [0.05, 0.1) is 16.9 Å². The summed E-state index contributed by atoms with van der Waals surface area (Å²) in [7, 11) is 0. The molecule has 33 heavy (non-hydrogen) atoms. The molecule has 1 atom stereocenters. The first-order valence-corrected chi connectivity index (χ1v) is 11.8. The summed E-state index contributed by atoms with van der Waals surface area (Å²) in [6, 6.07) is 11.3. The molecule has 6 nitrogen and oxygen atoms in total. The minimum Gasteiger partial charge on any atom is -0.489 e. The number of carbonyl (C=O) groups is 1. The molecule has 0 bridgehead atoms. The molecule has 2 aliphatic rings. The monoisotopic (exact) mass is 466 g/mol. The number of carbonyl (C=O) groups excluding carboxylic acids is 1. The van der Waals surface area contributed by atoms with Crippen molar-refractivity contribution in [3.63, 3.8) is 0 Å². The molecular weight excluding hydrogens is 440 g/mol. The fourth-order valence-corrected chi connectivity index (χ4v) is 4.83. The van der Waals surface area contributed by atoms with Gasteiger partial charge in [-0.2, -0.15) is 0 Å². The Bertz CT molecular complexity index is 1250. The van der Waals surface area contributed by atoms with E-state index in [1.807, 2.05) is 29.7 Å². The Kier molecular flexibility index (Phi) is 6.13. The first-order chi connectivity index (χ1) is 16.0. The molecule has 1 saturated heterocycles. The molecule has 7 heteroatoms. The molecule has 1 fully saturated rings. The van der Waals surface area contributed by atoms with E-state index in [2.05, 4.69) is 11.4 Å². The van der Waals surface area contributed by atoms with Gasteiger partial charge in [-0.1, -0.05) is 23.7 Å². The molecule has 2 aromatic carbocycles. The molecule has 1 unspecified atom stereocenters. The fraction of sp³-hybridized carbons (Fsp3) is 0.385. The second kappa shape index (κ2) is 9.20. The van der Waals surface area contributed by atoms with Crippen LogP contribution in [-0.4, -0.2) is 30.3 Å². The Labute approximate surface area is 197 Å². The van der Waals surface area contributed by atoms with Crippen LogP contribution in [-0.2, 0) is 17.7 Å². The van der Waals surface area contributed by atoms with Gasteiger partial charge in [-0.05, 0) is 67.5 Å². The van der Waals surface area contributed by atoms with Crippen molar-refractivity contribution >= 4 is 28.4 Å². The van der Waals surface area contributed by atoms with Crippen LogP contribution in [0.2, 0.25) is 5.02 Å². The Morgan fingerprint density at radius 1 is 1.15 bits per heavy atom. The summed E-state index contributed by atoms with van der Waals surface area (Å²) < 4.78 is 13.5. The maximum Gasteiger partial charge on any atom is 0.257 e. The molecule has 5 rings (SSSR count). The second-order valence-electron chi connectivity index (χ2n) is 9.00. The molecule has 0 spiro atoms. The highest BCUT2D eigenvalue weighted by molar-refractivity contribution is 6.30. The van der Waals surface area contributed by atoms with Crippen molar-refractivity contribution in [2.45, 2.75) is 38.8 Å². The van der Waals surface area contributed by atoms with E-state index in [1.165, 1.54) is 0 Å². The van der Waals surface area contributed by atoms with Gasteiger partial charge >= 0.3 is 0 Å². The number of nitrogens with zero attached hydrogens (tertiary/aromatic N) is 1. The average Bonchev–Trinajstić information content (AvgIpc) is 2.82. The number of amides is 1. The highest BCUT2D eigenvalue weighted by Gasteiger charge is 2.25. The van der Waals surface area contributed by atoms with Crippen LogP contribution in [0.4, 0.5) is 0 Å².